The van der Waals surface area contributed by atoms with Crippen LogP contribution in [0.1, 0.15) is 29.5 Å². The number of nitrogens with one attached hydrogen (secondary N) is 1. The van der Waals surface area contributed by atoms with E-state index in [9.17, 15) is 8.42 Å². The highest BCUT2D eigenvalue weighted by Gasteiger charge is 2.26. The standard InChI is InChI=1S/C15H24N2O2S/c1-11-9-12(2)15(13(3)10-11)20(18,19)16-7-8-17(4)14-5-6-14/h9-10,14,16H,5-8H2,1-4H3. The summed E-state index contributed by atoms with van der Waals surface area (Å²) in [6.07, 6.45) is 2.47. The van der Waals surface area contributed by atoms with Crippen LogP contribution in [0.4, 0.5) is 0 Å². The number of likely N-dealkylation sites (N-methyl/N-ethyl adjacent to an activating group) is 1. The molecule has 1 aliphatic rings. The summed E-state index contributed by atoms with van der Waals surface area (Å²) < 4.78 is 27.6. The molecule has 1 aromatic rings. The van der Waals surface area contributed by atoms with E-state index in [-0.39, 0.29) is 0 Å². The van der Waals surface area contributed by atoms with Gasteiger partial charge in [0.25, 0.3) is 0 Å². The summed E-state index contributed by atoms with van der Waals surface area (Å²) >= 11 is 0. The number of benzene rings is 1. The van der Waals surface area contributed by atoms with Gasteiger partial charge in [-0.2, -0.15) is 0 Å². The fraction of sp³-hybridized carbons (Fsp3) is 0.600. The molecule has 1 saturated carbocycles. The monoisotopic (exact) mass is 296 g/mol. The number of nitrogens with zero attached hydrogens (tertiary/aromatic N) is 1. The van der Waals surface area contributed by atoms with Gasteiger partial charge in [-0.05, 0) is 51.8 Å². The first kappa shape index (κ1) is 15.5. The zero-order chi connectivity index (χ0) is 14.9. The summed E-state index contributed by atoms with van der Waals surface area (Å²) in [7, 11) is -1.37. The minimum absolute atomic E-state index is 0.428. The van der Waals surface area contributed by atoms with Gasteiger partial charge in [-0.25, -0.2) is 13.1 Å². The normalized spacial score (nSPS) is 15.8. The van der Waals surface area contributed by atoms with Crippen LogP contribution in [0.3, 0.4) is 0 Å². The van der Waals surface area contributed by atoms with Gasteiger partial charge in [-0.1, -0.05) is 17.7 Å². The maximum Gasteiger partial charge on any atom is 0.241 e. The van der Waals surface area contributed by atoms with Crippen LogP contribution < -0.4 is 4.72 Å². The van der Waals surface area contributed by atoms with Gasteiger partial charge in [-0.3, -0.25) is 0 Å². The minimum Gasteiger partial charge on any atom is -0.302 e. The quantitative estimate of drug-likeness (QED) is 0.873. The van der Waals surface area contributed by atoms with E-state index in [2.05, 4.69) is 9.62 Å². The predicted molar refractivity (Wildman–Crippen MR) is 81.5 cm³/mol. The SMILES string of the molecule is Cc1cc(C)c(S(=O)(=O)NCCN(C)C2CC2)c(C)c1. The Morgan fingerprint density at radius 2 is 1.75 bits per heavy atom. The molecular weight excluding hydrogens is 272 g/mol. The van der Waals surface area contributed by atoms with E-state index < -0.39 is 10.0 Å². The smallest absolute Gasteiger partial charge is 0.241 e. The summed E-state index contributed by atoms with van der Waals surface area (Å²) in [6.45, 7) is 6.90. The number of rotatable bonds is 6. The van der Waals surface area contributed by atoms with E-state index in [0.717, 1.165) is 23.2 Å². The van der Waals surface area contributed by atoms with E-state index in [1.54, 1.807) is 0 Å². The molecule has 0 amide bonds. The third-order valence-electron chi connectivity index (χ3n) is 3.80. The van der Waals surface area contributed by atoms with Crippen molar-refractivity contribution in [1.29, 1.82) is 0 Å². The van der Waals surface area contributed by atoms with Crippen LogP contribution in [0, 0.1) is 20.8 Å². The third kappa shape index (κ3) is 3.59. The van der Waals surface area contributed by atoms with Gasteiger partial charge in [0, 0.05) is 19.1 Å². The van der Waals surface area contributed by atoms with Crippen molar-refractivity contribution in [3.05, 3.63) is 28.8 Å². The van der Waals surface area contributed by atoms with Crippen molar-refractivity contribution in [2.45, 2.75) is 44.6 Å². The van der Waals surface area contributed by atoms with Crippen molar-refractivity contribution in [2.75, 3.05) is 20.1 Å². The minimum atomic E-state index is -3.42. The molecule has 0 spiro atoms. The largest absolute Gasteiger partial charge is 0.302 e. The number of hydrogen-bond acceptors (Lipinski definition) is 3. The molecule has 0 bridgehead atoms. The van der Waals surface area contributed by atoms with Crippen molar-refractivity contribution in [3.63, 3.8) is 0 Å². The molecule has 112 valence electrons. The Kier molecular flexibility index (Phi) is 4.52. The van der Waals surface area contributed by atoms with Crippen molar-refractivity contribution in [2.24, 2.45) is 0 Å². The average Bonchev–Trinajstić information content (AvgIpc) is 3.09. The lowest BCUT2D eigenvalue weighted by atomic mass is 10.1. The second-order valence-electron chi connectivity index (χ2n) is 5.84. The molecule has 0 radical (unpaired) electrons. The Labute approximate surface area is 122 Å². The van der Waals surface area contributed by atoms with Crippen molar-refractivity contribution in [3.8, 4) is 0 Å². The van der Waals surface area contributed by atoms with Crippen LogP contribution in [0.25, 0.3) is 0 Å². The van der Waals surface area contributed by atoms with Gasteiger partial charge in [0.2, 0.25) is 10.0 Å². The second-order valence-corrected chi connectivity index (χ2v) is 7.54. The number of hydrogen-bond donors (Lipinski definition) is 1. The van der Waals surface area contributed by atoms with Crippen LogP contribution in [-0.2, 0) is 10.0 Å². The molecule has 0 aromatic heterocycles. The molecule has 0 atom stereocenters. The molecule has 0 unspecified atom stereocenters. The molecular formula is C15H24N2O2S. The fourth-order valence-electron chi connectivity index (χ4n) is 2.72. The Balaban J connectivity index is 2.06. The van der Waals surface area contributed by atoms with Gasteiger partial charge in [0.15, 0.2) is 0 Å². The van der Waals surface area contributed by atoms with Gasteiger partial charge in [0.05, 0.1) is 4.90 Å². The van der Waals surface area contributed by atoms with Gasteiger partial charge >= 0.3 is 0 Å². The van der Waals surface area contributed by atoms with Gasteiger partial charge in [-0.15, -0.1) is 0 Å². The molecule has 5 heteroatoms. The molecule has 0 aliphatic heterocycles. The summed E-state index contributed by atoms with van der Waals surface area (Å²) in [5.74, 6) is 0. The Morgan fingerprint density at radius 1 is 1.20 bits per heavy atom. The van der Waals surface area contributed by atoms with Crippen LogP contribution in [0.2, 0.25) is 0 Å². The number of sulfonamides is 1. The predicted octanol–water partition coefficient (Wildman–Crippen LogP) is 1.98. The van der Waals surface area contributed by atoms with Crippen molar-refractivity contribution >= 4 is 10.0 Å². The Bertz CT molecular complexity index is 569. The molecule has 4 nitrogen and oxygen atoms in total. The second kappa shape index (κ2) is 5.84. The van der Waals surface area contributed by atoms with Crippen molar-refractivity contribution in [1.82, 2.24) is 9.62 Å². The van der Waals surface area contributed by atoms with E-state index in [4.69, 9.17) is 0 Å². The van der Waals surface area contributed by atoms with Crippen molar-refractivity contribution < 1.29 is 8.42 Å². The molecule has 2 rings (SSSR count). The Hall–Kier alpha value is -0.910. The highest BCUT2D eigenvalue weighted by molar-refractivity contribution is 7.89. The molecule has 1 aliphatic carbocycles. The molecule has 20 heavy (non-hydrogen) atoms. The maximum atomic E-state index is 12.4. The number of aryl methyl sites for hydroxylation is 3. The van der Waals surface area contributed by atoms with E-state index >= 15 is 0 Å². The van der Waals surface area contributed by atoms with E-state index in [1.165, 1.54) is 12.8 Å². The first-order chi connectivity index (χ1) is 9.31. The van der Waals surface area contributed by atoms with Gasteiger partial charge < -0.3 is 4.90 Å². The lowest BCUT2D eigenvalue weighted by Gasteiger charge is -2.17. The third-order valence-corrected chi connectivity index (χ3v) is 5.57. The summed E-state index contributed by atoms with van der Waals surface area (Å²) in [4.78, 5) is 2.65. The molecule has 0 heterocycles. The highest BCUT2D eigenvalue weighted by atomic mass is 32.2. The average molecular weight is 296 g/mol. The maximum absolute atomic E-state index is 12.4. The zero-order valence-electron chi connectivity index (χ0n) is 12.7. The lowest BCUT2D eigenvalue weighted by Crippen LogP contribution is -2.34. The summed E-state index contributed by atoms with van der Waals surface area (Å²) in [5.41, 5.74) is 2.71. The van der Waals surface area contributed by atoms with Gasteiger partial charge in [0.1, 0.15) is 0 Å². The first-order valence-electron chi connectivity index (χ1n) is 7.09. The zero-order valence-corrected chi connectivity index (χ0v) is 13.5. The van der Waals surface area contributed by atoms with E-state index in [0.29, 0.717) is 17.5 Å². The van der Waals surface area contributed by atoms with Crippen LogP contribution >= 0.6 is 0 Å². The summed E-state index contributed by atoms with van der Waals surface area (Å²) in [5, 5.41) is 0. The lowest BCUT2D eigenvalue weighted by molar-refractivity contribution is 0.329. The van der Waals surface area contributed by atoms with E-state index in [1.807, 2.05) is 40.0 Å². The molecule has 1 aromatic carbocycles. The van der Waals surface area contributed by atoms with Crippen LogP contribution in [0.15, 0.2) is 17.0 Å². The first-order valence-corrected chi connectivity index (χ1v) is 8.57. The molecule has 1 fully saturated rings. The topological polar surface area (TPSA) is 49.4 Å². The Morgan fingerprint density at radius 3 is 2.25 bits per heavy atom. The summed E-state index contributed by atoms with van der Waals surface area (Å²) in [6, 6.07) is 4.48. The van der Waals surface area contributed by atoms with Crippen LogP contribution in [-0.4, -0.2) is 39.5 Å². The fourth-order valence-corrected chi connectivity index (χ4v) is 4.19. The molecule has 0 saturated heterocycles. The van der Waals surface area contributed by atoms with Crippen LogP contribution in [0.5, 0.6) is 0 Å². The molecule has 1 N–H and O–H groups in total. The highest BCUT2D eigenvalue weighted by Crippen LogP contribution is 2.25.